The topological polar surface area (TPSA) is 49.4 Å². The highest BCUT2D eigenvalue weighted by molar-refractivity contribution is 9.10. The first-order valence-electron chi connectivity index (χ1n) is 5.35. The summed E-state index contributed by atoms with van der Waals surface area (Å²) < 4.78 is 0.820. The molecule has 1 unspecified atom stereocenters. The van der Waals surface area contributed by atoms with Gasteiger partial charge in [0.25, 0.3) is 5.91 Å². The Balaban J connectivity index is 1.96. The number of likely N-dealkylation sites (N-methyl/N-ethyl adjacent to an activating group) is 1. The molecule has 0 radical (unpaired) electrons. The lowest BCUT2D eigenvalue weighted by atomic mass is 10.1. The van der Waals surface area contributed by atoms with Crippen LogP contribution in [0.4, 0.5) is 0 Å². The summed E-state index contributed by atoms with van der Waals surface area (Å²) in [6, 6.07) is 1.91. The zero-order valence-corrected chi connectivity index (χ0v) is 11.8. The SMILES string of the molecule is CN1CC(NC(=O)c2sccc2Br)CCC1=O. The molecule has 0 bridgehead atoms. The molecule has 0 aliphatic carbocycles. The fourth-order valence-electron chi connectivity index (χ4n) is 1.84. The number of halogens is 1. The van der Waals surface area contributed by atoms with Crippen LogP contribution >= 0.6 is 27.3 Å². The highest BCUT2D eigenvalue weighted by atomic mass is 79.9. The molecular weight excluding hydrogens is 304 g/mol. The number of likely N-dealkylation sites (tertiary alicyclic amines) is 1. The van der Waals surface area contributed by atoms with Crippen LogP contribution in [0, 0.1) is 0 Å². The van der Waals surface area contributed by atoms with Crippen LogP contribution in [0.1, 0.15) is 22.5 Å². The molecule has 6 heteroatoms. The number of hydrogen-bond donors (Lipinski definition) is 1. The Labute approximate surface area is 112 Å². The van der Waals surface area contributed by atoms with E-state index in [9.17, 15) is 9.59 Å². The second kappa shape index (κ2) is 5.18. The average Bonchev–Trinajstić information content (AvgIpc) is 2.70. The van der Waals surface area contributed by atoms with Crippen LogP contribution in [0.15, 0.2) is 15.9 Å². The lowest BCUT2D eigenvalue weighted by Gasteiger charge is -2.30. The fraction of sp³-hybridized carbons (Fsp3) is 0.455. The Morgan fingerprint density at radius 3 is 3.00 bits per heavy atom. The number of carbonyl (C=O) groups is 2. The van der Waals surface area contributed by atoms with E-state index in [2.05, 4.69) is 21.2 Å². The lowest BCUT2D eigenvalue weighted by molar-refractivity contribution is -0.132. The molecule has 1 aromatic rings. The maximum atomic E-state index is 11.9. The van der Waals surface area contributed by atoms with Crippen LogP contribution in [-0.2, 0) is 4.79 Å². The van der Waals surface area contributed by atoms with E-state index < -0.39 is 0 Å². The molecule has 1 aliphatic heterocycles. The molecular formula is C11H13BrN2O2S. The van der Waals surface area contributed by atoms with Gasteiger partial charge in [0.1, 0.15) is 4.88 Å². The minimum Gasteiger partial charge on any atom is -0.347 e. The number of nitrogens with zero attached hydrogens (tertiary/aromatic N) is 1. The molecule has 1 aromatic heterocycles. The van der Waals surface area contributed by atoms with Crippen molar-refractivity contribution in [2.75, 3.05) is 13.6 Å². The van der Waals surface area contributed by atoms with Crippen molar-refractivity contribution in [1.82, 2.24) is 10.2 Å². The minimum absolute atomic E-state index is 0.0548. The number of piperidine rings is 1. The van der Waals surface area contributed by atoms with Gasteiger partial charge in [0.2, 0.25) is 5.91 Å². The van der Waals surface area contributed by atoms with E-state index in [1.807, 2.05) is 11.4 Å². The van der Waals surface area contributed by atoms with Gasteiger partial charge in [0, 0.05) is 30.5 Å². The van der Waals surface area contributed by atoms with Gasteiger partial charge in [-0.25, -0.2) is 0 Å². The third-order valence-corrected chi connectivity index (χ3v) is 4.62. The first kappa shape index (κ1) is 12.6. The van der Waals surface area contributed by atoms with Gasteiger partial charge in [-0.05, 0) is 33.8 Å². The molecule has 1 N–H and O–H groups in total. The molecule has 1 saturated heterocycles. The van der Waals surface area contributed by atoms with E-state index in [0.29, 0.717) is 17.8 Å². The Bertz CT molecular complexity index is 446. The van der Waals surface area contributed by atoms with Crippen molar-refractivity contribution in [3.05, 3.63) is 20.8 Å². The van der Waals surface area contributed by atoms with E-state index >= 15 is 0 Å². The molecule has 17 heavy (non-hydrogen) atoms. The zero-order valence-electron chi connectivity index (χ0n) is 9.40. The highest BCUT2D eigenvalue weighted by Gasteiger charge is 2.25. The summed E-state index contributed by atoms with van der Waals surface area (Å²) in [7, 11) is 1.77. The van der Waals surface area contributed by atoms with E-state index in [0.717, 1.165) is 10.9 Å². The third kappa shape index (κ3) is 2.87. The van der Waals surface area contributed by atoms with Crippen LogP contribution in [-0.4, -0.2) is 36.3 Å². The van der Waals surface area contributed by atoms with Gasteiger partial charge in [0.05, 0.1) is 0 Å². The number of carbonyl (C=O) groups excluding carboxylic acids is 2. The van der Waals surface area contributed by atoms with Crippen molar-refractivity contribution in [3.8, 4) is 0 Å². The van der Waals surface area contributed by atoms with Crippen molar-refractivity contribution in [2.24, 2.45) is 0 Å². The van der Waals surface area contributed by atoms with Crippen molar-refractivity contribution in [1.29, 1.82) is 0 Å². The second-order valence-electron chi connectivity index (χ2n) is 4.08. The van der Waals surface area contributed by atoms with Gasteiger partial charge >= 0.3 is 0 Å². The summed E-state index contributed by atoms with van der Waals surface area (Å²) in [5.74, 6) is 0.0763. The molecule has 0 spiro atoms. The molecule has 92 valence electrons. The zero-order chi connectivity index (χ0) is 12.4. The van der Waals surface area contributed by atoms with Crippen molar-refractivity contribution in [2.45, 2.75) is 18.9 Å². The molecule has 2 amide bonds. The van der Waals surface area contributed by atoms with Gasteiger partial charge in [-0.2, -0.15) is 0 Å². The molecule has 2 rings (SSSR count). The predicted octanol–water partition coefficient (Wildman–Crippen LogP) is 1.86. The molecule has 1 aliphatic rings. The standard InChI is InChI=1S/C11H13BrN2O2S/c1-14-6-7(2-3-9(14)15)13-11(16)10-8(12)4-5-17-10/h4-5,7H,2-3,6H2,1H3,(H,13,16). The predicted molar refractivity (Wildman–Crippen MR) is 70.1 cm³/mol. The smallest absolute Gasteiger partial charge is 0.262 e. The molecule has 0 aromatic carbocycles. The van der Waals surface area contributed by atoms with Crippen molar-refractivity contribution < 1.29 is 9.59 Å². The number of amides is 2. The average molecular weight is 317 g/mol. The Hall–Kier alpha value is -0.880. The summed E-state index contributed by atoms with van der Waals surface area (Å²) in [6.07, 6.45) is 1.23. The minimum atomic E-state index is -0.0698. The monoisotopic (exact) mass is 316 g/mol. The summed E-state index contributed by atoms with van der Waals surface area (Å²) >= 11 is 4.75. The van der Waals surface area contributed by atoms with Crippen molar-refractivity contribution in [3.63, 3.8) is 0 Å². The van der Waals surface area contributed by atoms with E-state index in [1.165, 1.54) is 11.3 Å². The Morgan fingerprint density at radius 1 is 1.65 bits per heavy atom. The Kier molecular flexibility index (Phi) is 3.83. The summed E-state index contributed by atoms with van der Waals surface area (Å²) in [4.78, 5) is 25.6. The van der Waals surface area contributed by atoms with E-state index in [4.69, 9.17) is 0 Å². The molecule has 1 atom stereocenters. The van der Waals surface area contributed by atoms with Crippen LogP contribution < -0.4 is 5.32 Å². The Morgan fingerprint density at radius 2 is 2.41 bits per heavy atom. The van der Waals surface area contributed by atoms with E-state index in [-0.39, 0.29) is 17.9 Å². The quantitative estimate of drug-likeness (QED) is 0.905. The normalized spacial score (nSPS) is 20.5. The molecule has 0 saturated carbocycles. The van der Waals surface area contributed by atoms with Crippen LogP contribution in [0.5, 0.6) is 0 Å². The number of rotatable bonds is 2. The third-order valence-electron chi connectivity index (χ3n) is 2.79. The number of hydrogen-bond acceptors (Lipinski definition) is 3. The van der Waals surface area contributed by atoms with Gasteiger partial charge in [-0.3, -0.25) is 9.59 Å². The van der Waals surface area contributed by atoms with Gasteiger partial charge in [-0.1, -0.05) is 0 Å². The first-order valence-corrected chi connectivity index (χ1v) is 7.03. The summed E-state index contributed by atoms with van der Waals surface area (Å²) in [5.41, 5.74) is 0. The van der Waals surface area contributed by atoms with Crippen molar-refractivity contribution >= 4 is 39.1 Å². The summed E-state index contributed by atoms with van der Waals surface area (Å²) in [5, 5.41) is 4.83. The second-order valence-corrected chi connectivity index (χ2v) is 5.85. The molecule has 1 fully saturated rings. The fourth-order valence-corrected chi connectivity index (χ4v) is 3.29. The van der Waals surface area contributed by atoms with Crippen LogP contribution in [0.2, 0.25) is 0 Å². The maximum Gasteiger partial charge on any atom is 0.262 e. The number of thiophene rings is 1. The van der Waals surface area contributed by atoms with Gasteiger partial charge in [0.15, 0.2) is 0 Å². The maximum absolute atomic E-state index is 11.9. The van der Waals surface area contributed by atoms with E-state index in [1.54, 1.807) is 11.9 Å². The molecule has 2 heterocycles. The number of nitrogens with one attached hydrogen (secondary N) is 1. The van der Waals surface area contributed by atoms with Crippen LogP contribution in [0.3, 0.4) is 0 Å². The molecule has 4 nitrogen and oxygen atoms in total. The highest BCUT2D eigenvalue weighted by Crippen LogP contribution is 2.22. The lowest BCUT2D eigenvalue weighted by Crippen LogP contribution is -2.48. The summed E-state index contributed by atoms with van der Waals surface area (Å²) in [6.45, 7) is 0.591. The van der Waals surface area contributed by atoms with Gasteiger partial charge < -0.3 is 10.2 Å². The largest absolute Gasteiger partial charge is 0.347 e. The van der Waals surface area contributed by atoms with Gasteiger partial charge in [-0.15, -0.1) is 11.3 Å². The first-order chi connectivity index (χ1) is 8.08. The van der Waals surface area contributed by atoms with Crippen LogP contribution in [0.25, 0.3) is 0 Å².